The highest BCUT2D eigenvalue weighted by Gasteiger charge is 2.09. The second kappa shape index (κ2) is 5.68. The Morgan fingerprint density at radius 2 is 1.05 bits per heavy atom. The van der Waals surface area contributed by atoms with E-state index < -0.39 is 0 Å². The molecular weight excluding hydrogens is 270 g/mol. The van der Waals surface area contributed by atoms with Crippen LogP contribution >= 0.6 is 0 Å². The molecule has 1 aromatic heterocycles. The summed E-state index contributed by atoms with van der Waals surface area (Å²) < 4.78 is 0. The second-order valence-corrected chi connectivity index (χ2v) is 5.84. The van der Waals surface area contributed by atoms with Crippen molar-refractivity contribution in [3.05, 3.63) is 64.7 Å². The maximum absolute atomic E-state index is 4.21. The molecule has 3 rings (SSSR count). The van der Waals surface area contributed by atoms with E-state index in [9.17, 15) is 0 Å². The standard InChI is InChI=1S/C19H19N3/c1-12-5-7-16(14(3)9-12)18-11-19(21-22-20-18)17-8-6-13(2)10-15(17)4/h5-11H,1-4H3. The van der Waals surface area contributed by atoms with Crippen LogP contribution in [0.4, 0.5) is 0 Å². The van der Waals surface area contributed by atoms with E-state index in [4.69, 9.17) is 0 Å². The van der Waals surface area contributed by atoms with Gasteiger partial charge in [0.25, 0.3) is 0 Å². The summed E-state index contributed by atoms with van der Waals surface area (Å²) in [6.07, 6.45) is 0. The lowest BCUT2D eigenvalue weighted by atomic mass is 9.99. The first-order valence-electron chi connectivity index (χ1n) is 7.40. The molecule has 0 aliphatic heterocycles. The van der Waals surface area contributed by atoms with Gasteiger partial charge in [0, 0.05) is 11.1 Å². The Hall–Kier alpha value is -2.55. The Morgan fingerprint density at radius 3 is 1.45 bits per heavy atom. The quantitative estimate of drug-likeness (QED) is 0.700. The predicted molar refractivity (Wildman–Crippen MR) is 89.6 cm³/mol. The first kappa shape index (κ1) is 14.4. The van der Waals surface area contributed by atoms with E-state index in [0.717, 1.165) is 22.5 Å². The molecule has 110 valence electrons. The zero-order valence-corrected chi connectivity index (χ0v) is 13.4. The van der Waals surface area contributed by atoms with Crippen molar-refractivity contribution >= 4 is 0 Å². The smallest absolute Gasteiger partial charge is 0.0972 e. The van der Waals surface area contributed by atoms with Gasteiger partial charge in [-0.2, -0.15) is 0 Å². The fourth-order valence-electron chi connectivity index (χ4n) is 2.77. The van der Waals surface area contributed by atoms with Gasteiger partial charge in [-0.25, -0.2) is 0 Å². The molecule has 0 aliphatic rings. The first-order valence-corrected chi connectivity index (χ1v) is 7.40. The van der Waals surface area contributed by atoms with Crippen molar-refractivity contribution < 1.29 is 0 Å². The normalized spacial score (nSPS) is 10.7. The van der Waals surface area contributed by atoms with Crippen LogP contribution in [-0.4, -0.2) is 15.4 Å². The summed E-state index contributed by atoms with van der Waals surface area (Å²) in [7, 11) is 0. The van der Waals surface area contributed by atoms with Crippen molar-refractivity contribution in [3.8, 4) is 22.5 Å². The Kier molecular flexibility index (Phi) is 3.72. The summed E-state index contributed by atoms with van der Waals surface area (Å²) >= 11 is 0. The summed E-state index contributed by atoms with van der Waals surface area (Å²) in [5.41, 5.74) is 8.83. The fraction of sp³-hybridized carbons (Fsp3) is 0.211. The molecular formula is C19H19N3. The Bertz CT molecular complexity index is 771. The van der Waals surface area contributed by atoms with Crippen LogP contribution < -0.4 is 0 Å². The van der Waals surface area contributed by atoms with Gasteiger partial charge in [0.05, 0.1) is 11.4 Å². The molecule has 0 saturated carbocycles. The van der Waals surface area contributed by atoms with Gasteiger partial charge in [-0.3, -0.25) is 0 Å². The van der Waals surface area contributed by atoms with E-state index in [0.29, 0.717) is 0 Å². The third-order valence-corrected chi connectivity index (χ3v) is 3.89. The minimum absolute atomic E-state index is 0.863. The minimum atomic E-state index is 0.863. The lowest BCUT2D eigenvalue weighted by Crippen LogP contribution is -1.97. The molecule has 0 aliphatic carbocycles. The summed E-state index contributed by atoms with van der Waals surface area (Å²) in [6, 6.07) is 14.7. The number of nitrogens with zero attached hydrogens (tertiary/aromatic N) is 3. The van der Waals surface area contributed by atoms with Crippen LogP contribution in [0.15, 0.2) is 42.5 Å². The van der Waals surface area contributed by atoms with E-state index in [1.54, 1.807) is 0 Å². The average molecular weight is 289 g/mol. The SMILES string of the molecule is Cc1ccc(-c2cc(-c3ccc(C)cc3C)nnn2)c(C)c1. The Balaban J connectivity index is 2.10. The molecule has 0 N–H and O–H groups in total. The van der Waals surface area contributed by atoms with E-state index in [1.165, 1.54) is 22.3 Å². The van der Waals surface area contributed by atoms with Gasteiger partial charge in [-0.1, -0.05) is 47.5 Å². The van der Waals surface area contributed by atoms with Gasteiger partial charge in [0.15, 0.2) is 0 Å². The number of rotatable bonds is 2. The summed E-state index contributed by atoms with van der Waals surface area (Å²) in [6.45, 7) is 8.38. The van der Waals surface area contributed by atoms with Crippen LogP contribution in [-0.2, 0) is 0 Å². The van der Waals surface area contributed by atoms with Crippen molar-refractivity contribution in [1.82, 2.24) is 15.4 Å². The highest BCUT2D eigenvalue weighted by atomic mass is 15.3. The topological polar surface area (TPSA) is 38.7 Å². The fourth-order valence-corrected chi connectivity index (χ4v) is 2.77. The number of benzene rings is 2. The van der Waals surface area contributed by atoms with Crippen LogP contribution in [0.1, 0.15) is 22.3 Å². The molecule has 0 saturated heterocycles. The van der Waals surface area contributed by atoms with Gasteiger partial charge in [0.2, 0.25) is 0 Å². The number of hydrogen-bond acceptors (Lipinski definition) is 3. The molecule has 0 bridgehead atoms. The highest BCUT2D eigenvalue weighted by molar-refractivity contribution is 5.71. The third kappa shape index (κ3) is 2.75. The van der Waals surface area contributed by atoms with Gasteiger partial charge in [-0.05, 0) is 50.1 Å². The van der Waals surface area contributed by atoms with Crippen LogP contribution in [0.2, 0.25) is 0 Å². The maximum atomic E-state index is 4.21. The zero-order chi connectivity index (χ0) is 15.7. The lowest BCUT2D eigenvalue weighted by molar-refractivity contribution is 0.875. The number of aryl methyl sites for hydroxylation is 4. The van der Waals surface area contributed by atoms with Crippen molar-refractivity contribution in [2.45, 2.75) is 27.7 Å². The zero-order valence-electron chi connectivity index (χ0n) is 13.4. The van der Waals surface area contributed by atoms with Crippen LogP contribution in [0.3, 0.4) is 0 Å². The molecule has 3 nitrogen and oxygen atoms in total. The molecule has 0 amide bonds. The van der Waals surface area contributed by atoms with Gasteiger partial charge < -0.3 is 0 Å². The third-order valence-electron chi connectivity index (χ3n) is 3.89. The molecule has 3 heteroatoms. The molecule has 0 spiro atoms. The molecule has 0 atom stereocenters. The minimum Gasteiger partial charge on any atom is -0.130 e. The average Bonchev–Trinajstić information content (AvgIpc) is 2.47. The highest BCUT2D eigenvalue weighted by Crippen LogP contribution is 2.27. The van der Waals surface area contributed by atoms with Crippen LogP contribution in [0.25, 0.3) is 22.5 Å². The van der Waals surface area contributed by atoms with Gasteiger partial charge >= 0.3 is 0 Å². The van der Waals surface area contributed by atoms with Crippen LogP contribution in [0.5, 0.6) is 0 Å². The second-order valence-electron chi connectivity index (χ2n) is 5.84. The van der Waals surface area contributed by atoms with Crippen molar-refractivity contribution in [1.29, 1.82) is 0 Å². The summed E-state index contributed by atoms with van der Waals surface area (Å²) in [4.78, 5) is 0. The molecule has 0 fully saturated rings. The van der Waals surface area contributed by atoms with Crippen molar-refractivity contribution in [2.75, 3.05) is 0 Å². The van der Waals surface area contributed by atoms with Crippen molar-refractivity contribution in [2.24, 2.45) is 0 Å². The molecule has 2 aromatic carbocycles. The first-order chi connectivity index (χ1) is 10.5. The predicted octanol–water partition coefficient (Wildman–Crippen LogP) is 4.44. The number of hydrogen-bond donors (Lipinski definition) is 0. The van der Waals surface area contributed by atoms with E-state index in [1.807, 2.05) is 6.07 Å². The Morgan fingerprint density at radius 1 is 0.591 bits per heavy atom. The molecule has 3 aromatic rings. The van der Waals surface area contributed by atoms with E-state index in [-0.39, 0.29) is 0 Å². The molecule has 0 radical (unpaired) electrons. The lowest BCUT2D eigenvalue weighted by Gasteiger charge is -2.09. The Labute approximate surface area is 131 Å². The molecule has 1 heterocycles. The van der Waals surface area contributed by atoms with Gasteiger partial charge in [-0.15, -0.1) is 10.2 Å². The van der Waals surface area contributed by atoms with Gasteiger partial charge in [0.1, 0.15) is 0 Å². The van der Waals surface area contributed by atoms with Crippen molar-refractivity contribution in [3.63, 3.8) is 0 Å². The largest absolute Gasteiger partial charge is 0.130 e. The maximum Gasteiger partial charge on any atom is 0.0972 e. The summed E-state index contributed by atoms with van der Waals surface area (Å²) in [5, 5.41) is 12.4. The number of aromatic nitrogens is 3. The van der Waals surface area contributed by atoms with Crippen LogP contribution in [0, 0.1) is 27.7 Å². The van der Waals surface area contributed by atoms with E-state index >= 15 is 0 Å². The summed E-state index contributed by atoms with van der Waals surface area (Å²) in [5.74, 6) is 0. The molecule has 0 unspecified atom stereocenters. The monoisotopic (exact) mass is 289 g/mol. The van der Waals surface area contributed by atoms with E-state index in [2.05, 4.69) is 79.5 Å². The molecule has 22 heavy (non-hydrogen) atoms.